The molecule has 0 radical (unpaired) electrons. The van der Waals surface area contributed by atoms with Gasteiger partial charge in [0.25, 0.3) is 5.91 Å². The molecule has 0 saturated heterocycles. The SMILES string of the molecule is Cc1nn(Cc2c(Cl)cccc2Cl)c(C)c1NC(=O)c1cccc(COc2ccc(F)cc2F)c1. The summed E-state index contributed by atoms with van der Waals surface area (Å²) < 4.78 is 34.1. The number of amides is 1. The maximum absolute atomic E-state index is 13.8. The monoisotopic (exact) mass is 515 g/mol. The zero-order chi connectivity index (χ0) is 25.1. The van der Waals surface area contributed by atoms with E-state index in [2.05, 4.69) is 10.4 Å². The first-order valence-corrected chi connectivity index (χ1v) is 11.4. The van der Waals surface area contributed by atoms with Gasteiger partial charge in [-0.15, -0.1) is 0 Å². The lowest BCUT2D eigenvalue weighted by atomic mass is 10.1. The molecule has 0 bridgehead atoms. The minimum Gasteiger partial charge on any atom is -0.486 e. The van der Waals surface area contributed by atoms with E-state index in [9.17, 15) is 13.6 Å². The van der Waals surface area contributed by atoms with Gasteiger partial charge in [0.05, 0.1) is 23.6 Å². The van der Waals surface area contributed by atoms with Crippen molar-refractivity contribution in [2.24, 2.45) is 0 Å². The number of aromatic nitrogens is 2. The number of rotatable bonds is 7. The van der Waals surface area contributed by atoms with Crippen molar-refractivity contribution < 1.29 is 18.3 Å². The highest BCUT2D eigenvalue weighted by Crippen LogP contribution is 2.28. The molecule has 3 aromatic carbocycles. The van der Waals surface area contributed by atoms with Gasteiger partial charge in [-0.2, -0.15) is 5.10 Å². The number of carbonyl (C=O) groups excluding carboxylic acids is 1. The van der Waals surface area contributed by atoms with E-state index in [1.54, 1.807) is 54.1 Å². The van der Waals surface area contributed by atoms with Crippen LogP contribution in [0.2, 0.25) is 10.0 Å². The fraction of sp³-hybridized carbons (Fsp3) is 0.154. The van der Waals surface area contributed by atoms with Gasteiger partial charge in [-0.05, 0) is 55.8 Å². The summed E-state index contributed by atoms with van der Waals surface area (Å²) in [7, 11) is 0. The number of hydrogen-bond donors (Lipinski definition) is 1. The maximum atomic E-state index is 13.8. The highest BCUT2D eigenvalue weighted by Gasteiger charge is 2.17. The van der Waals surface area contributed by atoms with Crippen LogP contribution in [0.1, 0.15) is 32.9 Å². The zero-order valence-corrected chi connectivity index (χ0v) is 20.4. The lowest BCUT2D eigenvalue weighted by Crippen LogP contribution is -2.14. The third-order valence-electron chi connectivity index (χ3n) is 5.47. The third-order valence-corrected chi connectivity index (χ3v) is 6.18. The number of aryl methyl sites for hydroxylation is 1. The quantitative estimate of drug-likeness (QED) is 0.289. The van der Waals surface area contributed by atoms with Crippen LogP contribution >= 0.6 is 23.2 Å². The molecule has 1 heterocycles. The molecule has 9 heteroatoms. The molecule has 0 aliphatic carbocycles. The van der Waals surface area contributed by atoms with E-state index in [1.807, 2.05) is 6.92 Å². The Hall–Kier alpha value is -3.42. The number of nitrogens with zero attached hydrogens (tertiary/aromatic N) is 2. The number of nitrogens with one attached hydrogen (secondary N) is 1. The Morgan fingerprint density at radius 2 is 1.74 bits per heavy atom. The normalized spacial score (nSPS) is 10.9. The van der Waals surface area contributed by atoms with Crippen molar-refractivity contribution in [1.29, 1.82) is 0 Å². The van der Waals surface area contributed by atoms with Crippen molar-refractivity contribution >= 4 is 34.8 Å². The number of benzene rings is 3. The Bertz CT molecular complexity index is 1390. The van der Waals surface area contributed by atoms with Gasteiger partial charge in [0.15, 0.2) is 11.6 Å². The standard InChI is InChI=1S/C26H21Cl2F2N3O2/c1-15-25(16(2)33(32-15)13-20-21(27)7-4-8-22(20)28)31-26(34)18-6-3-5-17(11-18)14-35-24-10-9-19(29)12-23(24)30/h3-12H,13-14H2,1-2H3,(H,31,34). The summed E-state index contributed by atoms with van der Waals surface area (Å²) in [5.41, 5.74) is 3.77. The second-order valence-corrected chi connectivity index (χ2v) is 8.74. The van der Waals surface area contributed by atoms with Crippen molar-refractivity contribution in [2.75, 3.05) is 5.32 Å². The van der Waals surface area contributed by atoms with Crippen LogP contribution in [0.3, 0.4) is 0 Å². The van der Waals surface area contributed by atoms with Crippen molar-refractivity contribution in [3.63, 3.8) is 0 Å². The Kier molecular flexibility index (Phi) is 7.38. The fourth-order valence-electron chi connectivity index (χ4n) is 3.61. The van der Waals surface area contributed by atoms with Crippen molar-refractivity contribution in [2.45, 2.75) is 27.0 Å². The number of carbonyl (C=O) groups is 1. The first-order chi connectivity index (χ1) is 16.7. The van der Waals surface area contributed by atoms with E-state index >= 15 is 0 Å². The predicted molar refractivity (Wildman–Crippen MR) is 132 cm³/mol. The first kappa shape index (κ1) is 24.7. The molecular weight excluding hydrogens is 495 g/mol. The fourth-order valence-corrected chi connectivity index (χ4v) is 4.12. The second kappa shape index (κ2) is 10.5. The summed E-state index contributed by atoms with van der Waals surface area (Å²) in [5, 5.41) is 8.52. The lowest BCUT2D eigenvalue weighted by molar-refractivity contribution is 0.102. The Labute approximate surface area is 211 Å². The second-order valence-electron chi connectivity index (χ2n) is 7.92. The molecule has 1 N–H and O–H groups in total. The van der Waals surface area contributed by atoms with Crippen LogP contribution in [0.15, 0.2) is 60.7 Å². The number of ether oxygens (including phenoxy) is 1. The number of anilines is 1. The van der Waals surface area contributed by atoms with Gasteiger partial charge < -0.3 is 10.1 Å². The summed E-state index contributed by atoms with van der Waals surface area (Å²) in [6, 6.07) is 15.2. The molecule has 5 nitrogen and oxygen atoms in total. The Morgan fingerprint density at radius 1 is 1.03 bits per heavy atom. The van der Waals surface area contributed by atoms with Gasteiger partial charge in [0, 0.05) is 27.2 Å². The van der Waals surface area contributed by atoms with E-state index < -0.39 is 11.6 Å². The third kappa shape index (κ3) is 5.63. The molecule has 0 unspecified atom stereocenters. The van der Waals surface area contributed by atoms with Crippen molar-refractivity contribution in [1.82, 2.24) is 9.78 Å². The zero-order valence-electron chi connectivity index (χ0n) is 18.9. The largest absolute Gasteiger partial charge is 0.486 e. The van der Waals surface area contributed by atoms with Gasteiger partial charge in [-0.1, -0.05) is 41.4 Å². The van der Waals surface area contributed by atoms with Crippen LogP contribution in [0.5, 0.6) is 5.75 Å². The Balaban J connectivity index is 1.48. The van der Waals surface area contributed by atoms with E-state index in [-0.39, 0.29) is 18.3 Å². The van der Waals surface area contributed by atoms with Crippen LogP contribution in [0, 0.1) is 25.5 Å². The molecule has 0 spiro atoms. The molecule has 180 valence electrons. The van der Waals surface area contributed by atoms with E-state index in [0.717, 1.165) is 23.4 Å². The van der Waals surface area contributed by atoms with Crippen LogP contribution in [-0.4, -0.2) is 15.7 Å². The number of hydrogen-bond acceptors (Lipinski definition) is 3. The Morgan fingerprint density at radius 3 is 2.46 bits per heavy atom. The average molecular weight is 516 g/mol. The van der Waals surface area contributed by atoms with Crippen LogP contribution in [0.4, 0.5) is 14.5 Å². The van der Waals surface area contributed by atoms with E-state index in [0.29, 0.717) is 39.1 Å². The molecule has 1 aromatic heterocycles. The first-order valence-electron chi connectivity index (χ1n) is 10.7. The van der Waals surface area contributed by atoms with Crippen molar-refractivity contribution in [3.8, 4) is 5.75 Å². The molecule has 35 heavy (non-hydrogen) atoms. The lowest BCUT2D eigenvalue weighted by Gasteiger charge is -2.11. The molecule has 0 fully saturated rings. The highest BCUT2D eigenvalue weighted by atomic mass is 35.5. The molecule has 0 saturated carbocycles. The van der Waals surface area contributed by atoms with Gasteiger partial charge in [0.1, 0.15) is 12.4 Å². The minimum atomic E-state index is -0.792. The number of halogens is 4. The van der Waals surface area contributed by atoms with Crippen LogP contribution < -0.4 is 10.1 Å². The summed E-state index contributed by atoms with van der Waals surface area (Å²) in [4.78, 5) is 13.0. The molecule has 0 atom stereocenters. The maximum Gasteiger partial charge on any atom is 0.255 e. The molecule has 0 aliphatic rings. The van der Waals surface area contributed by atoms with Gasteiger partial charge in [-0.25, -0.2) is 8.78 Å². The van der Waals surface area contributed by atoms with Gasteiger partial charge >= 0.3 is 0 Å². The van der Waals surface area contributed by atoms with Gasteiger partial charge in [0.2, 0.25) is 0 Å². The van der Waals surface area contributed by atoms with Crippen LogP contribution in [0.25, 0.3) is 0 Å². The molecule has 4 aromatic rings. The van der Waals surface area contributed by atoms with Gasteiger partial charge in [-0.3, -0.25) is 9.48 Å². The van der Waals surface area contributed by atoms with E-state index in [1.165, 1.54) is 6.07 Å². The molecular formula is C26H21Cl2F2N3O2. The smallest absolute Gasteiger partial charge is 0.255 e. The summed E-state index contributed by atoms with van der Waals surface area (Å²) in [6.45, 7) is 4.02. The van der Waals surface area contributed by atoms with Crippen molar-refractivity contribution in [3.05, 3.63) is 110 Å². The molecule has 4 rings (SSSR count). The highest BCUT2D eigenvalue weighted by molar-refractivity contribution is 6.36. The summed E-state index contributed by atoms with van der Waals surface area (Å²) >= 11 is 12.6. The summed E-state index contributed by atoms with van der Waals surface area (Å²) in [6.07, 6.45) is 0. The molecule has 0 aliphatic heterocycles. The topological polar surface area (TPSA) is 56.2 Å². The van der Waals surface area contributed by atoms with Crippen LogP contribution in [-0.2, 0) is 13.2 Å². The minimum absolute atomic E-state index is 0.0122. The summed E-state index contributed by atoms with van der Waals surface area (Å²) in [5.74, 6) is -1.88. The van der Waals surface area contributed by atoms with E-state index in [4.69, 9.17) is 27.9 Å². The predicted octanol–water partition coefficient (Wildman–Crippen LogP) is 6.96. The average Bonchev–Trinajstić information content (AvgIpc) is 3.08. The molecule has 1 amide bonds.